The number of halogens is 1. The van der Waals surface area contributed by atoms with Crippen molar-refractivity contribution in [3.63, 3.8) is 0 Å². The van der Waals surface area contributed by atoms with E-state index in [0.717, 1.165) is 54.6 Å². The van der Waals surface area contributed by atoms with Crippen LogP contribution in [0.15, 0.2) is 65.5 Å². The van der Waals surface area contributed by atoms with Gasteiger partial charge in [0.05, 0.1) is 12.4 Å². The van der Waals surface area contributed by atoms with Crippen LogP contribution < -0.4 is 10.5 Å². The summed E-state index contributed by atoms with van der Waals surface area (Å²) in [7, 11) is 0. The van der Waals surface area contributed by atoms with E-state index in [9.17, 15) is 4.79 Å². The van der Waals surface area contributed by atoms with Gasteiger partial charge < -0.3 is 4.90 Å². The van der Waals surface area contributed by atoms with Gasteiger partial charge in [0.2, 0.25) is 0 Å². The minimum absolute atomic E-state index is 0.0428. The summed E-state index contributed by atoms with van der Waals surface area (Å²) in [5.74, 6) is 0. The lowest BCUT2D eigenvalue weighted by molar-refractivity contribution is 0.191. The number of aromatic nitrogens is 2. The molecule has 0 saturated carbocycles. The van der Waals surface area contributed by atoms with Gasteiger partial charge in [-0.15, -0.1) is 0 Å². The fourth-order valence-electron chi connectivity index (χ4n) is 3.73. The zero-order valence-corrected chi connectivity index (χ0v) is 17.3. The van der Waals surface area contributed by atoms with Crippen LogP contribution in [0.2, 0.25) is 5.02 Å². The largest absolute Gasteiger partial charge is 0.369 e. The normalized spacial score (nSPS) is 14.9. The number of nitrogens with zero attached hydrogens (tertiary/aromatic N) is 4. The Labute approximate surface area is 176 Å². The van der Waals surface area contributed by atoms with E-state index >= 15 is 0 Å². The second kappa shape index (κ2) is 8.80. The van der Waals surface area contributed by atoms with Gasteiger partial charge in [-0.1, -0.05) is 48.0 Å². The van der Waals surface area contributed by atoms with Crippen LogP contribution in [-0.4, -0.2) is 40.9 Å². The predicted molar refractivity (Wildman–Crippen MR) is 118 cm³/mol. The number of hydrogen-bond donors (Lipinski definition) is 0. The molecule has 1 aromatic heterocycles. The molecule has 1 saturated heterocycles. The van der Waals surface area contributed by atoms with Crippen molar-refractivity contribution in [3.8, 4) is 0 Å². The maximum atomic E-state index is 12.6. The minimum Gasteiger partial charge on any atom is -0.369 e. The van der Waals surface area contributed by atoms with Crippen LogP contribution in [0.3, 0.4) is 0 Å². The van der Waals surface area contributed by atoms with Crippen molar-refractivity contribution >= 4 is 17.3 Å². The summed E-state index contributed by atoms with van der Waals surface area (Å²) < 4.78 is 1.58. The Morgan fingerprint density at radius 3 is 2.45 bits per heavy atom. The number of aryl methyl sites for hydroxylation is 1. The monoisotopic (exact) mass is 408 g/mol. The third kappa shape index (κ3) is 4.86. The lowest BCUT2D eigenvalue weighted by atomic mass is 10.0. The van der Waals surface area contributed by atoms with E-state index in [0.29, 0.717) is 6.67 Å². The topological polar surface area (TPSA) is 41.4 Å². The first-order chi connectivity index (χ1) is 14.1. The second-order valence-electron chi connectivity index (χ2n) is 7.48. The van der Waals surface area contributed by atoms with Gasteiger partial charge in [-0.2, -0.15) is 5.10 Å². The second-order valence-corrected chi connectivity index (χ2v) is 7.92. The van der Waals surface area contributed by atoms with Crippen molar-refractivity contribution in [3.05, 3.63) is 92.9 Å². The maximum absolute atomic E-state index is 12.6. The maximum Gasteiger partial charge on any atom is 0.268 e. The van der Waals surface area contributed by atoms with E-state index in [1.807, 2.05) is 43.3 Å². The fourth-order valence-corrected chi connectivity index (χ4v) is 3.91. The Hall–Kier alpha value is -2.63. The molecule has 1 aliphatic rings. The van der Waals surface area contributed by atoms with Crippen molar-refractivity contribution in [1.29, 1.82) is 0 Å². The van der Waals surface area contributed by atoms with Gasteiger partial charge in [-0.25, -0.2) is 4.68 Å². The molecular weight excluding hydrogens is 384 g/mol. The van der Waals surface area contributed by atoms with Crippen LogP contribution in [0.5, 0.6) is 0 Å². The minimum atomic E-state index is -0.0428. The summed E-state index contributed by atoms with van der Waals surface area (Å²) >= 11 is 6.11. The van der Waals surface area contributed by atoms with Crippen molar-refractivity contribution in [2.45, 2.75) is 20.0 Å². The zero-order chi connectivity index (χ0) is 20.2. The highest BCUT2D eigenvalue weighted by Gasteiger charge is 2.18. The quantitative estimate of drug-likeness (QED) is 0.647. The molecule has 0 N–H and O–H groups in total. The standard InChI is InChI=1S/C23H25ClN4O/c1-18-20(14-19-6-3-2-4-7-19)15-23(29)28(25-18)17-26-10-12-27(13-11-26)22-9-5-8-21(24)16-22/h2-9,15-16H,10-14,17H2,1H3. The van der Waals surface area contributed by atoms with Crippen molar-refractivity contribution in [2.75, 3.05) is 31.1 Å². The third-order valence-electron chi connectivity index (χ3n) is 5.40. The molecule has 2 heterocycles. The van der Waals surface area contributed by atoms with E-state index in [2.05, 4.69) is 33.1 Å². The van der Waals surface area contributed by atoms with Gasteiger partial charge in [0, 0.05) is 43.0 Å². The molecular formula is C23H25ClN4O. The highest BCUT2D eigenvalue weighted by Crippen LogP contribution is 2.20. The van der Waals surface area contributed by atoms with Gasteiger partial charge >= 0.3 is 0 Å². The Balaban J connectivity index is 1.40. The Kier molecular flexibility index (Phi) is 5.97. The molecule has 6 heteroatoms. The molecule has 0 aliphatic carbocycles. The summed E-state index contributed by atoms with van der Waals surface area (Å²) in [6, 6.07) is 19.9. The molecule has 3 aromatic rings. The van der Waals surface area contributed by atoms with Crippen LogP contribution in [-0.2, 0) is 13.1 Å². The van der Waals surface area contributed by atoms with Crippen LogP contribution in [0.4, 0.5) is 5.69 Å². The SMILES string of the molecule is Cc1nn(CN2CCN(c3cccc(Cl)c3)CC2)c(=O)cc1Cc1ccccc1. The molecule has 2 aromatic carbocycles. The smallest absolute Gasteiger partial charge is 0.268 e. The van der Waals surface area contributed by atoms with E-state index in [1.165, 1.54) is 5.56 Å². The molecule has 29 heavy (non-hydrogen) atoms. The highest BCUT2D eigenvalue weighted by atomic mass is 35.5. The first kappa shape index (κ1) is 19.7. The first-order valence-electron chi connectivity index (χ1n) is 9.93. The first-order valence-corrected chi connectivity index (χ1v) is 10.3. The lowest BCUT2D eigenvalue weighted by Gasteiger charge is -2.36. The molecule has 0 spiro atoms. The van der Waals surface area contributed by atoms with Crippen LogP contribution >= 0.6 is 11.6 Å². The molecule has 150 valence electrons. The van der Waals surface area contributed by atoms with Crippen molar-refractivity contribution in [1.82, 2.24) is 14.7 Å². The highest BCUT2D eigenvalue weighted by molar-refractivity contribution is 6.30. The number of rotatable bonds is 5. The van der Waals surface area contributed by atoms with Crippen LogP contribution in [0.25, 0.3) is 0 Å². The Bertz CT molecular complexity index is 1030. The average molecular weight is 409 g/mol. The van der Waals surface area contributed by atoms with Gasteiger partial charge in [0.15, 0.2) is 0 Å². The molecule has 0 radical (unpaired) electrons. The van der Waals surface area contributed by atoms with E-state index in [1.54, 1.807) is 10.7 Å². The number of anilines is 1. The zero-order valence-electron chi connectivity index (χ0n) is 16.6. The number of piperazine rings is 1. The predicted octanol–water partition coefficient (Wildman–Crippen LogP) is 3.58. The fraction of sp³-hybridized carbons (Fsp3) is 0.304. The molecule has 1 aliphatic heterocycles. The van der Waals surface area contributed by atoms with Crippen LogP contribution in [0.1, 0.15) is 16.8 Å². The van der Waals surface area contributed by atoms with Gasteiger partial charge in [-0.05, 0) is 42.7 Å². The lowest BCUT2D eigenvalue weighted by Crippen LogP contribution is -2.48. The van der Waals surface area contributed by atoms with Gasteiger partial charge in [0.1, 0.15) is 0 Å². The van der Waals surface area contributed by atoms with E-state index < -0.39 is 0 Å². The molecule has 4 rings (SSSR count). The summed E-state index contributed by atoms with van der Waals surface area (Å²) in [6.45, 7) is 6.07. The van der Waals surface area contributed by atoms with Gasteiger partial charge in [-0.3, -0.25) is 9.69 Å². The molecule has 0 unspecified atom stereocenters. The molecule has 0 amide bonds. The Morgan fingerprint density at radius 1 is 0.966 bits per heavy atom. The summed E-state index contributed by atoms with van der Waals surface area (Å²) in [4.78, 5) is 17.2. The van der Waals surface area contributed by atoms with Crippen LogP contribution in [0, 0.1) is 6.92 Å². The van der Waals surface area contributed by atoms with Gasteiger partial charge in [0.25, 0.3) is 5.56 Å². The van der Waals surface area contributed by atoms with E-state index in [4.69, 9.17) is 11.6 Å². The average Bonchev–Trinajstić information content (AvgIpc) is 2.73. The molecule has 5 nitrogen and oxygen atoms in total. The molecule has 1 fully saturated rings. The summed E-state index contributed by atoms with van der Waals surface area (Å²) in [5, 5.41) is 5.34. The molecule has 0 bridgehead atoms. The Morgan fingerprint density at radius 2 is 1.72 bits per heavy atom. The summed E-state index contributed by atoms with van der Waals surface area (Å²) in [5.41, 5.74) is 4.19. The van der Waals surface area contributed by atoms with E-state index in [-0.39, 0.29) is 5.56 Å². The van der Waals surface area contributed by atoms with Crippen molar-refractivity contribution < 1.29 is 0 Å². The van der Waals surface area contributed by atoms with Crippen molar-refractivity contribution in [2.24, 2.45) is 0 Å². The third-order valence-corrected chi connectivity index (χ3v) is 5.64. The number of hydrogen-bond acceptors (Lipinski definition) is 4. The molecule has 0 atom stereocenters. The number of benzene rings is 2. The summed E-state index contributed by atoms with van der Waals surface area (Å²) in [6.07, 6.45) is 0.730.